The van der Waals surface area contributed by atoms with Crippen LogP contribution in [0.2, 0.25) is 0 Å². The summed E-state index contributed by atoms with van der Waals surface area (Å²) >= 11 is 0. The largest absolute Gasteiger partial charge is 0.496 e. The van der Waals surface area contributed by atoms with Crippen LogP contribution in [-0.4, -0.2) is 42.0 Å². The van der Waals surface area contributed by atoms with Gasteiger partial charge in [-0.25, -0.2) is 0 Å². The summed E-state index contributed by atoms with van der Waals surface area (Å²) in [6, 6.07) is 7.41. The van der Waals surface area contributed by atoms with Crippen molar-refractivity contribution in [3.63, 3.8) is 0 Å². The van der Waals surface area contributed by atoms with Gasteiger partial charge in [-0.15, -0.1) is 0 Å². The average molecular weight is 308 g/mol. The molecule has 22 heavy (non-hydrogen) atoms. The first-order valence-corrected chi connectivity index (χ1v) is 6.68. The summed E-state index contributed by atoms with van der Waals surface area (Å²) in [5, 5.41) is 1.62. The summed E-state index contributed by atoms with van der Waals surface area (Å²) in [7, 11) is 6.30. The van der Waals surface area contributed by atoms with Gasteiger partial charge in [0.1, 0.15) is 11.5 Å². The molecule has 2 rings (SSSR count). The SMILES string of the molecule is COCOc1cc(OC)c2cccc(OCOC)c2c1OC. The molecule has 0 heterocycles. The zero-order chi connectivity index (χ0) is 15.9. The van der Waals surface area contributed by atoms with Crippen LogP contribution < -0.4 is 18.9 Å². The first-order valence-electron chi connectivity index (χ1n) is 6.68. The van der Waals surface area contributed by atoms with E-state index in [-0.39, 0.29) is 13.6 Å². The van der Waals surface area contributed by atoms with Gasteiger partial charge in [0, 0.05) is 25.7 Å². The van der Waals surface area contributed by atoms with E-state index in [9.17, 15) is 0 Å². The Bertz CT molecular complexity index is 626. The molecule has 0 aliphatic heterocycles. The highest BCUT2D eigenvalue weighted by molar-refractivity contribution is 6.00. The van der Waals surface area contributed by atoms with E-state index in [0.29, 0.717) is 23.0 Å². The average Bonchev–Trinajstić information content (AvgIpc) is 2.56. The molecule has 2 aromatic carbocycles. The maximum absolute atomic E-state index is 5.63. The molecule has 0 saturated carbocycles. The first-order chi connectivity index (χ1) is 10.8. The molecular formula is C16H20O6. The van der Waals surface area contributed by atoms with Gasteiger partial charge in [-0.3, -0.25) is 0 Å². The highest BCUT2D eigenvalue weighted by atomic mass is 16.7. The van der Waals surface area contributed by atoms with E-state index < -0.39 is 0 Å². The van der Waals surface area contributed by atoms with Gasteiger partial charge in [0.05, 0.1) is 19.6 Å². The van der Waals surface area contributed by atoms with Crippen molar-refractivity contribution in [2.75, 3.05) is 42.0 Å². The molecule has 0 spiro atoms. The van der Waals surface area contributed by atoms with Gasteiger partial charge in [-0.05, 0) is 6.07 Å². The predicted octanol–water partition coefficient (Wildman–Crippen LogP) is 2.82. The summed E-state index contributed by atoms with van der Waals surface area (Å²) in [6.07, 6.45) is 0. The highest BCUT2D eigenvalue weighted by Crippen LogP contribution is 2.45. The Hall–Kier alpha value is -2.18. The minimum atomic E-state index is 0.103. The van der Waals surface area contributed by atoms with Crippen molar-refractivity contribution in [3.05, 3.63) is 24.3 Å². The molecule has 0 radical (unpaired) electrons. The third-order valence-corrected chi connectivity index (χ3v) is 3.09. The van der Waals surface area contributed by atoms with Gasteiger partial charge in [-0.2, -0.15) is 0 Å². The van der Waals surface area contributed by atoms with E-state index in [4.69, 9.17) is 28.4 Å². The summed E-state index contributed by atoms with van der Waals surface area (Å²) in [5.74, 6) is 2.35. The summed E-state index contributed by atoms with van der Waals surface area (Å²) < 4.78 is 32.1. The topological polar surface area (TPSA) is 55.4 Å². The Morgan fingerprint density at radius 2 is 1.45 bits per heavy atom. The molecule has 0 amide bonds. The summed E-state index contributed by atoms with van der Waals surface area (Å²) in [6.45, 7) is 0.236. The quantitative estimate of drug-likeness (QED) is 0.699. The standard InChI is InChI=1S/C16H20O6/c1-17-9-21-12-7-5-6-11-13(19-3)8-14(22-10-18-2)16(20-4)15(11)12/h5-8H,9-10H2,1-4H3. The molecule has 0 fully saturated rings. The van der Waals surface area contributed by atoms with E-state index in [1.54, 1.807) is 34.5 Å². The number of rotatable bonds is 8. The van der Waals surface area contributed by atoms with Crippen LogP contribution in [0.4, 0.5) is 0 Å². The van der Waals surface area contributed by atoms with Crippen LogP contribution in [0.1, 0.15) is 0 Å². The minimum Gasteiger partial charge on any atom is -0.496 e. The first kappa shape index (κ1) is 16.2. The van der Waals surface area contributed by atoms with Gasteiger partial charge >= 0.3 is 0 Å². The normalized spacial score (nSPS) is 10.5. The smallest absolute Gasteiger partial charge is 0.188 e. The van der Waals surface area contributed by atoms with Crippen molar-refractivity contribution in [1.82, 2.24) is 0 Å². The van der Waals surface area contributed by atoms with E-state index in [0.717, 1.165) is 10.8 Å². The second-order valence-electron chi connectivity index (χ2n) is 4.39. The molecule has 120 valence electrons. The molecule has 0 N–H and O–H groups in total. The lowest BCUT2D eigenvalue weighted by Gasteiger charge is -2.17. The van der Waals surface area contributed by atoms with Crippen molar-refractivity contribution in [1.29, 1.82) is 0 Å². The highest BCUT2D eigenvalue weighted by Gasteiger charge is 2.18. The van der Waals surface area contributed by atoms with Crippen LogP contribution in [0.3, 0.4) is 0 Å². The fourth-order valence-electron chi connectivity index (χ4n) is 2.20. The summed E-state index contributed by atoms with van der Waals surface area (Å²) in [4.78, 5) is 0. The third kappa shape index (κ3) is 3.18. The van der Waals surface area contributed by atoms with E-state index >= 15 is 0 Å². The number of benzene rings is 2. The molecule has 6 heteroatoms. The van der Waals surface area contributed by atoms with Gasteiger partial charge < -0.3 is 28.4 Å². The maximum atomic E-state index is 5.63. The van der Waals surface area contributed by atoms with Crippen LogP contribution in [0.5, 0.6) is 23.0 Å². The molecule has 6 nitrogen and oxygen atoms in total. The van der Waals surface area contributed by atoms with Crippen LogP contribution in [0.25, 0.3) is 10.8 Å². The molecule has 0 saturated heterocycles. The van der Waals surface area contributed by atoms with Crippen molar-refractivity contribution in [2.45, 2.75) is 0 Å². The van der Waals surface area contributed by atoms with E-state index in [1.807, 2.05) is 18.2 Å². The van der Waals surface area contributed by atoms with Crippen LogP contribution in [-0.2, 0) is 9.47 Å². The summed E-state index contributed by atoms with van der Waals surface area (Å²) in [5.41, 5.74) is 0. The molecular weight excluding hydrogens is 288 g/mol. The zero-order valence-electron chi connectivity index (χ0n) is 13.2. The maximum Gasteiger partial charge on any atom is 0.188 e. The number of ether oxygens (including phenoxy) is 6. The Morgan fingerprint density at radius 3 is 2.05 bits per heavy atom. The fourth-order valence-corrected chi connectivity index (χ4v) is 2.20. The fraction of sp³-hybridized carbons (Fsp3) is 0.375. The lowest BCUT2D eigenvalue weighted by molar-refractivity contribution is 0.0485. The molecule has 0 aromatic heterocycles. The third-order valence-electron chi connectivity index (χ3n) is 3.09. The second kappa shape index (κ2) is 7.72. The molecule has 0 bridgehead atoms. The minimum absolute atomic E-state index is 0.103. The second-order valence-corrected chi connectivity index (χ2v) is 4.39. The lowest BCUT2D eigenvalue weighted by Crippen LogP contribution is -2.04. The van der Waals surface area contributed by atoms with E-state index in [2.05, 4.69) is 0 Å². The van der Waals surface area contributed by atoms with Gasteiger partial charge in [-0.1, -0.05) is 12.1 Å². The molecule has 2 aromatic rings. The monoisotopic (exact) mass is 308 g/mol. The molecule has 0 aliphatic rings. The Morgan fingerprint density at radius 1 is 0.773 bits per heavy atom. The van der Waals surface area contributed by atoms with Crippen molar-refractivity contribution < 1.29 is 28.4 Å². The number of hydrogen-bond acceptors (Lipinski definition) is 6. The number of hydrogen-bond donors (Lipinski definition) is 0. The van der Waals surface area contributed by atoms with E-state index in [1.165, 1.54) is 0 Å². The van der Waals surface area contributed by atoms with Crippen LogP contribution in [0, 0.1) is 0 Å². The zero-order valence-corrected chi connectivity index (χ0v) is 13.2. The van der Waals surface area contributed by atoms with Crippen molar-refractivity contribution in [3.8, 4) is 23.0 Å². The molecule has 0 atom stereocenters. The number of fused-ring (bicyclic) bond motifs is 1. The van der Waals surface area contributed by atoms with Crippen LogP contribution in [0.15, 0.2) is 24.3 Å². The molecule has 0 aliphatic carbocycles. The predicted molar refractivity (Wildman–Crippen MR) is 82.1 cm³/mol. The molecule has 0 unspecified atom stereocenters. The van der Waals surface area contributed by atoms with Gasteiger partial charge in [0.2, 0.25) is 0 Å². The lowest BCUT2D eigenvalue weighted by atomic mass is 10.1. The van der Waals surface area contributed by atoms with Crippen LogP contribution >= 0.6 is 0 Å². The Balaban J connectivity index is 2.66. The Labute approximate surface area is 129 Å². The Kier molecular flexibility index (Phi) is 5.68. The van der Waals surface area contributed by atoms with Gasteiger partial charge in [0.15, 0.2) is 25.1 Å². The van der Waals surface area contributed by atoms with Gasteiger partial charge in [0.25, 0.3) is 0 Å². The van der Waals surface area contributed by atoms with Crippen molar-refractivity contribution >= 4 is 10.8 Å². The van der Waals surface area contributed by atoms with Crippen molar-refractivity contribution in [2.24, 2.45) is 0 Å². The number of methoxy groups -OCH3 is 4.